The molecule has 33 heavy (non-hydrogen) atoms. The molecule has 0 bridgehead atoms. The van der Waals surface area contributed by atoms with Crippen molar-refractivity contribution in [1.29, 1.82) is 0 Å². The molecule has 0 unspecified atom stereocenters. The van der Waals surface area contributed by atoms with E-state index in [9.17, 15) is 4.79 Å². The second kappa shape index (κ2) is 11.3. The Hall–Kier alpha value is -2.93. The summed E-state index contributed by atoms with van der Waals surface area (Å²) in [6.45, 7) is 12.9. The highest BCUT2D eigenvalue weighted by Crippen LogP contribution is 2.33. The van der Waals surface area contributed by atoms with Crippen molar-refractivity contribution in [1.82, 2.24) is 9.66 Å². The van der Waals surface area contributed by atoms with Gasteiger partial charge in [0.25, 0.3) is 5.56 Å². The van der Waals surface area contributed by atoms with Crippen LogP contribution in [0.15, 0.2) is 57.4 Å². The van der Waals surface area contributed by atoms with E-state index < -0.39 is 0 Å². The number of halogens is 1. The minimum Gasteiger partial charge on any atom is -0.490 e. The van der Waals surface area contributed by atoms with E-state index in [1.807, 2.05) is 51.1 Å². The van der Waals surface area contributed by atoms with Gasteiger partial charge in [-0.25, -0.2) is 4.98 Å². The maximum Gasteiger partial charge on any atom is 0.282 e. The molecule has 174 valence electrons. The predicted octanol–water partition coefficient (Wildman–Crippen LogP) is 6.08. The number of aromatic nitrogens is 2. The summed E-state index contributed by atoms with van der Waals surface area (Å²) in [6.07, 6.45) is 4.96. The van der Waals surface area contributed by atoms with Crippen LogP contribution in [0.5, 0.6) is 11.5 Å². The second-order valence-corrected chi connectivity index (χ2v) is 8.58. The molecular formula is C26H30BrN3O3. The van der Waals surface area contributed by atoms with Crippen molar-refractivity contribution < 1.29 is 9.47 Å². The molecule has 1 atom stereocenters. The summed E-state index contributed by atoms with van der Waals surface area (Å²) < 4.78 is 13.9. The minimum absolute atomic E-state index is 0.0681. The van der Waals surface area contributed by atoms with Crippen molar-refractivity contribution in [2.75, 3.05) is 13.2 Å². The third-order valence-corrected chi connectivity index (χ3v) is 5.81. The fraction of sp³-hybridized carbons (Fsp3) is 0.346. The van der Waals surface area contributed by atoms with E-state index in [0.717, 1.165) is 22.0 Å². The molecule has 0 radical (unpaired) electrons. The first-order valence-corrected chi connectivity index (χ1v) is 12.0. The number of hydrogen-bond acceptors (Lipinski definition) is 5. The van der Waals surface area contributed by atoms with Gasteiger partial charge in [-0.05, 0) is 62.6 Å². The van der Waals surface area contributed by atoms with Crippen LogP contribution in [-0.4, -0.2) is 29.1 Å². The molecule has 6 nitrogen and oxygen atoms in total. The van der Waals surface area contributed by atoms with Crippen molar-refractivity contribution in [2.24, 2.45) is 5.10 Å². The Morgan fingerprint density at radius 2 is 1.94 bits per heavy atom. The van der Waals surface area contributed by atoms with Gasteiger partial charge in [-0.1, -0.05) is 35.9 Å². The Morgan fingerprint density at radius 3 is 2.61 bits per heavy atom. The largest absolute Gasteiger partial charge is 0.490 e. The molecule has 0 saturated carbocycles. The predicted molar refractivity (Wildman–Crippen MR) is 138 cm³/mol. The van der Waals surface area contributed by atoms with Gasteiger partial charge in [0.1, 0.15) is 5.82 Å². The van der Waals surface area contributed by atoms with E-state index in [1.165, 1.54) is 4.68 Å². The van der Waals surface area contributed by atoms with E-state index in [0.29, 0.717) is 47.9 Å². The zero-order chi connectivity index (χ0) is 24.0. The van der Waals surface area contributed by atoms with Gasteiger partial charge in [0.2, 0.25) is 0 Å². The van der Waals surface area contributed by atoms with Crippen LogP contribution >= 0.6 is 15.9 Å². The van der Waals surface area contributed by atoms with Crippen LogP contribution in [-0.2, 0) is 6.42 Å². The Balaban J connectivity index is 2.17. The van der Waals surface area contributed by atoms with Crippen molar-refractivity contribution in [3.05, 3.63) is 74.8 Å². The van der Waals surface area contributed by atoms with Crippen LogP contribution in [0.25, 0.3) is 10.9 Å². The van der Waals surface area contributed by atoms with Crippen molar-refractivity contribution in [2.45, 2.75) is 46.5 Å². The zero-order valence-electron chi connectivity index (χ0n) is 19.6. The summed E-state index contributed by atoms with van der Waals surface area (Å²) >= 11 is 3.44. The number of rotatable bonds is 10. The fourth-order valence-electron chi connectivity index (χ4n) is 3.54. The highest BCUT2D eigenvalue weighted by atomic mass is 79.9. The molecule has 0 aliphatic carbocycles. The number of nitrogens with zero attached hydrogens (tertiary/aromatic N) is 3. The molecule has 3 aromatic rings. The van der Waals surface area contributed by atoms with E-state index in [4.69, 9.17) is 14.5 Å². The van der Waals surface area contributed by atoms with Crippen LogP contribution < -0.4 is 15.0 Å². The van der Waals surface area contributed by atoms with Gasteiger partial charge >= 0.3 is 0 Å². The lowest BCUT2D eigenvalue weighted by Crippen LogP contribution is -2.23. The lowest BCUT2D eigenvalue weighted by atomic mass is 10.1. The summed E-state index contributed by atoms with van der Waals surface area (Å²) in [4.78, 5) is 18.1. The standard InChI is InChI=1S/C26H30BrN3O3/c1-6-10-19-13-18(14-23(32-8-3)24(19)33-9-4)16-28-30-25(17(5)7-2)29-22-12-11-20(27)15-21(22)26(30)31/h6,11-17H,1,7-10H2,2-5H3/t17-/m0/s1. The molecule has 7 heteroatoms. The first kappa shape index (κ1) is 24.7. The molecule has 1 heterocycles. The quantitative estimate of drug-likeness (QED) is 0.244. The molecule has 2 aromatic carbocycles. The molecule has 3 rings (SSSR count). The number of ether oxygens (including phenoxy) is 2. The van der Waals surface area contributed by atoms with E-state index in [2.05, 4.69) is 34.5 Å². The number of fused-ring (bicyclic) bond motifs is 1. The average Bonchev–Trinajstić information content (AvgIpc) is 2.80. The Bertz CT molecular complexity index is 1230. The van der Waals surface area contributed by atoms with Gasteiger partial charge < -0.3 is 9.47 Å². The highest BCUT2D eigenvalue weighted by Gasteiger charge is 2.16. The SMILES string of the molecule is C=CCc1cc(C=Nn2c([C@@H](C)CC)nc3ccc(Br)cc3c2=O)cc(OCC)c1OCC. The van der Waals surface area contributed by atoms with Crippen molar-refractivity contribution >= 4 is 33.0 Å². The van der Waals surface area contributed by atoms with E-state index >= 15 is 0 Å². The number of benzene rings is 2. The molecule has 0 aliphatic rings. The van der Waals surface area contributed by atoms with Gasteiger partial charge in [0, 0.05) is 16.0 Å². The highest BCUT2D eigenvalue weighted by molar-refractivity contribution is 9.10. The second-order valence-electron chi connectivity index (χ2n) is 7.67. The first-order valence-electron chi connectivity index (χ1n) is 11.2. The van der Waals surface area contributed by atoms with Gasteiger partial charge in [0.05, 0.1) is 30.3 Å². The van der Waals surface area contributed by atoms with Crippen LogP contribution in [0.3, 0.4) is 0 Å². The molecule has 0 amide bonds. The average molecular weight is 512 g/mol. The van der Waals surface area contributed by atoms with E-state index in [-0.39, 0.29) is 11.5 Å². The Kier molecular flexibility index (Phi) is 8.44. The Morgan fingerprint density at radius 1 is 1.18 bits per heavy atom. The third-order valence-electron chi connectivity index (χ3n) is 5.32. The summed E-state index contributed by atoms with van der Waals surface area (Å²) in [6, 6.07) is 9.38. The summed E-state index contributed by atoms with van der Waals surface area (Å²) in [5, 5.41) is 5.10. The summed E-state index contributed by atoms with van der Waals surface area (Å²) in [5.41, 5.74) is 2.22. The lowest BCUT2D eigenvalue weighted by molar-refractivity contribution is 0.285. The molecule has 0 fully saturated rings. The third kappa shape index (κ3) is 5.53. The summed E-state index contributed by atoms with van der Waals surface area (Å²) in [5.74, 6) is 2.07. The molecule has 0 spiro atoms. The minimum atomic E-state index is -0.199. The van der Waals surface area contributed by atoms with E-state index in [1.54, 1.807) is 12.3 Å². The number of hydrogen-bond donors (Lipinski definition) is 0. The molecule has 0 aliphatic heterocycles. The van der Waals surface area contributed by atoms with Gasteiger partial charge in [-0.2, -0.15) is 9.78 Å². The maximum absolute atomic E-state index is 13.4. The van der Waals surface area contributed by atoms with Gasteiger partial charge in [0.15, 0.2) is 11.5 Å². The monoisotopic (exact) mass is 511 g/mol. The van der Waals surface area contributed by atoms with Crippen LogP contribution in [0.4, 0.5) is 0 Å². The Labute approximate surface area is 203 Å². The molecule has 0 saturated heterocycles. The molecule has 0 N–H and O–H groups in total. The summed E-state index contributed by atoms with van der Waals surface area (Å²) in [7, 11) is 0. The smallest absolute Gasteiger partial charge is 0.282 e. The first-order chi connectivity index (χ1) is 15.9. The van der Waals surface area contributed by atoms with Crippen LogP contribution in [0, 0.1) is 0 Å². The maximum atomic E-state index is 13.4. The van der Waals surface area contributed by atoms with Crippen molar-refractivity contribution in [3.63, 3.8) is 0 Å². The number of allylic oxidation sites excluding steroid dienone is 1. The van der Waals surface area contributed by atoms with Crippen molar-refractivity contribution in [3.8, 4) is 11.5 Å². The lowest BCUT2D eigenvalue weighted by Gasteiger charge is -2.16. The van der Waals surface area contributed by atoms with Gasteiger partial charge in [-0.3, -0.25) is 4.79 Å². The van der Waals surface area contributed by atoms with Gasteiger partial charge in [-0.15, -0.1) is 6.58 Å². The molecule has 1 aromatic heterocycles. The fourth-order valence-corrected chi connectivity index (χ4v) is 3.90. The van der Waals surface area contributed by atoms with Crippen LogP contribution in [0.2, 0.25) is 0 Å². The topological polar surface area (TPSA) is 65.7 Å². The normalized spacial score (nSPS) is 12.3. The zero-order valence-corrected chi connectivity index (χ0v) is 21.2. The molecular weight excluding hydrogens is 482 g/mol. The van der Waals surface area contributed by atoms with Crippen LogP contribution in [0.1, 0.15) is 57.0 Å².